The van der Waals surface area contributed by atoms with Crippen molar-refractivity contribution in [2.24, 2.45) is 5.73 Å². The molecule has 1 aliphatic rings. The van der Waals surface area contributed by atoms with Crippen molar-refractivity contribution in [1.29, 1.82) is 5.26 Å². The Hall–Kier alpha value is -4.25. The Balaban J connectivity index is 1.84. The predicted molar refractivity (Wildman–Crippen MR) is 111 cm³/mol. The third-order valence-electron chi connectivity index (χ3n) is 4.85. The number of fused-ring (bicyclic) bond motifs is 1. The van der Waals surface area contributed by atoms with Crippen LogP contribution >= 0.6 is 0 Å². The number of allylic oxidation sites excluding steroid dienone is 1. The number of Topliss-reactive ketones (excluding diaryl/α,β-unsaturated/α-hetero) is 1. The monoisotopic (exact) mass is 417 g/mol. The number of nitrogens with two attached hydrogens (primary N) is 1. The Labute approximate surface area is 178 Å². The molecule has 2 aromatic rings. The minimum atomic E-state index is -0.867. The quantitative estimate of drug-likeness (QED) is 0.342. The molecule has 0 atom stereocenters. The molecular formula is C23H19N3O5. The highest BCUT2D eigenvalue weighted by Crippen LogP contribution is 2.31. The zero-order chi connectivity index (χ0) is 22.9. The molecule has 156 valence electrons. The molecule has 0 saturated heterocycles. The van der Waals surface area contributed by atoms with Crippen LogP contribution in [0.4, 0.5) is 5.69 Å². The number of carbonyl (C=O) groups is 4. The number of benzene rings is 2. The average Bonchev–Trinajstić information content (AvgIpc) is 2.98. The number of imide groups is 1. The molecule has 0 fully saturated rings. The fraction of sp³-hybridized carbons (Fsp3) is 0.174. The van der Waals surface area contributed by atoms with Crippen molar-refractivity contribution >= 4 is 29.3 Å². The van der Waals surface area contributed by atoms with Crippen molar-refractivity contribution in [1.82, 2.24) is 0 Å². The van der Waals surface area contributed by atoms with Gasteiger partial charge in [-0.05, 0) is 56.2 Å². The fourth-order valence-corrected chi connectivity index (χ4v) is 3.20. The highest BCUT2D eigenvalue weighted by molar-refractivity contribution is 6.35. The second-order valence-corrected chi connectivity index (χ2v) is 7.17. The van der Waals surface area contributed by atoms with Gasteiger partial charge in [-0.2, -0.15) is 5.26 Å². The summed E-state index contributed by atoms with van der Waals surface area (Å²) in [5.41, 5.74) is 7.58. The molecule has 0 aliphatic carbocycles. The molecule has 2 aromatic carbocycles. The Morgan fingerprint density at radius 2 is 1.74 bits per heavy atom. The minimum absolute atomic E-state index is 0.00229. The third-order valence-corrected chi connectivity index (χ3v) is 4.85. The lowest BCUT2D eigenvalue weighted by Crippen LogP contribution is -2.30. The first-order valence-corrected chi connectivity index (χ1v) is 9.32. The Morgan fingerprint density at radius 3 is 2.39 bits per heavy atom. The first-order chi connectivity index (χ1) is 14.6. The predicted octanol–water partition coefficient (Wildman–Crippen LogP) is 2.59. The topological polar surface area (TPSA) is 131 Å². The molecule has 1 aliphatic heterocycles. The van der Waals surface area contributed by atoms with E-state index in [4.69, 9.17) is 15.7 Å². The van der Waals surface area contributed by atoms with Gasteiger partial charge in [-0.15, -0.1) is 0 Å². The van der Waals surface area contributed by atoms with Crippen LogP contribution in [-0.2, 0) is 9.53 Å². The van der Waals surface area contributed by atoms with Crippen LogP contribution in [0.2, 0.25) is 0 Å². The van der Waals surface area contributed by atoms with Crippen molar-refractivity contribution < 1.29 is 23.9 Å². The fourth-order valence-electron chi connectivity index (χ4n) is 3.20. The number of hydrogen-bond donors (Lipinski definition) is 1. The molecule has 2 amide bonds. The first-order valence-electron chi connectivity index (χ1n) is 9.32. The number of esters is 1. The van der Waals surface area contributed by atoms with E-state index in [-0.39, 0.29) is 28.0 Å². The lowest BCUT2D eigenvalue weighted by Gasteiger charge is -2.17. The van der Waals surface area contributed by atoms with E-state index in [1.807, 2.05) is 19.1 Å². The van der Waals surface area contributed by atoms with Gasteiger partial charge in [0.2, 0.25) is 5.78 Å². The number of carbonyl (C=O) groups excluding carboxylic acids is 4. The van der Waals surface area contributed by atoms with Crippen LogP contribution < -0.4 is 10.6 Å². The molecule has 31 heavy (non-hydrogen) atoms. The molecule has 0 aromatic heterocycles. The van der Waals surface area contributed by atoms with Gasteiger partial charge in [-0.3, -0.25) is 14.4 Å². The largest absolute Gasteiger partial charge is 0.454 e. The molecule has 8 heteroatoms. The van der Waals surface area contributed by atoms with E-state index in [2.05, 4.69) is 0 Å². The molecule has 0 unspecified atom stereocenters. The number of rotatable bonds is 5. The van der Waals surface area contributed by atoms with Gasteiger partial charge in [-0.25, -0.2) is 9.69 Å². The van der Waals surface area contributed by atoms with Gasteiger partial charge < -0.3 is 10.5 Å². The smallest absolute Gasteiger partial charge is 0.338 e. The second kappa shape index (κ2) is 8.24. The van der Waals surface area contributed by atoms with Gasteiger partial charge >= 0.3 is 5.97 Å². The van der Waals surface area contributed by atoms with Gasteiger partial charge in [0.25, 0.3) is 11.8 Å². The number of hydrogen-bond acceptors (Lipinski definition) is 7. The van der Waals surface area contributed by atoms with E-state index in [9.17, 15) is 19.2 Å². The van der Waals surface area contributed by atoms with E-state index in [1.54, 1.807) is 19.1 Å². The minimum Gasteiger partial charge on any atom is -0.454 e. The molecule has 0 bridgehead atoms. The number of anilines is 1. The highest BCUT2D eigenvalue weighted by atomic mass is 16.5. The van der Waals surface area contributed by atoms with Crippen molar-refractivity contribution in [3.8, 4) is 6.07 Å². The third kappa shape index (κ3) is 3.94. The van der Waals surface area contributed by atoms with E-state index < -0.39 is 30.2 Å². The van der Waals surface area contributed by atoms with Crippen molar-refractivity contribution in [3.63, 3.8) is 0 Å². The lowest BCUT2D eigenvalue weighted by atomic mass is 10.1. The summed E-state index contributed by atoms with van der Waals surface area (Å²) in [6.45, 7) is 4.37. The summed E-state index contributed by atoms with van der Waals surface area (Å²) in [6, 6.07) is 11.1. The van der Waals surface area contributed by atoms with Crippen LogP contribution in [0.25, 0.3) is 0 Å². The maximum Gasteiger partial charge on any atom is 0.338 e. The van der Waals surface area contributed by atoms with Crippen LogP contribution in [0.5, 0.6) is 0 Å². The Kier molecular flexibility index (Phi) is 5.70. The summed E-state index contributed by atoms with van der Waals surface area (Å²) in [5, 5.41) is 8.94. The average molecular weight is 417 g/mol. The summed E-state index contributed by atoms with van der Waals surface area (Å²) >= 11 is 0. The lowest BCUT2D eigenvalue weighted by molar-refractivity contribution is -0.118. The van der Waals surface area contributed by atoms with Crippen LogP contribution in [-0.4, -0.2) is 30.2 Å². The number of aryl methyl sites for hydroxylation is 2. The van der Waals surface area contributed by atoms with Gasteiger partial charge in [0.1, 0.15) is 11.6 Å². The SMILES string of the molecule is C/C(N)=C(\C#N)C(=O)COC(=O)c1ccc2c(c1)C(=O)N(c1cc(C)ccc1C)C2=O. The van der Waals surface area contributed by atoms with Gasteiger partial charge in [0.05, 0.1) is 22.4 Å². The maximum absolute atomic E-state index is 13.0. The zero-order valence-electron chi connectivity index (χ0n) is 17.2. The Morgan fingerprint density at radius 1 is 1.06 bits per heavy atom. The number of ether oxygens (including phenoxy) is 1. The molecule has 0 saturated carbocycles. The van der Waals surface area contributed by atoms with Gasteiger partial charge in [-0.1, -0.05) is 12.1 Å². The number of nitriles is 1. The van der Waals surface area contributed by atoms with Gasteiger partial charge in [0, 0.05) is 5.70 Å². The van der Waals surface area contributed by atoms with Crippen molar-refractivity contribution in [2.45, 2.75) is 20.8 Å². The van der Waals surface area contributed by atoms with E-state index in [0.29, 0.717) is 5.69 Å². The number of amides is 2. The number of nitrogens with zero attached hydrogens (tertiary/aromatic N) is 2. The normalized spacial score (nSPS) is 13.4. The van der Waals surface area contributed by atoms with Crippen molar-refractivity contribution in [3.05, 3.63) is 75.5 Å². The van der Waals surface area contributed by atoms with Crippen LogP contribution in [0.1, 0.15) is 49.1 Å². The zero-order valence-corrected chi connectivity index (χ0v) is 17.2. The number of ketones is 1. The van der Waals surface area contributed by atoms with Crippen molar-refractivity contribution in [2.75, 3.05) is 11.5 Å². The molecule has 0 radical (unpaired) electrons. The van der Waals surface area contributed by atoms with Gasteiger partial charge in [0.15, 0.2) is 6.61 Å². The summed E-state index contributed by atoms with van der Waals surface area (Å²) < 4.78 is 4.95. The first kappa shape index (κ1) is 21.5. The molecule has 0 spiro atoms. The summed E-state index contributed by atoms with van der Waals surface area (Å²) in [6.07, 6.45) is 0. The van der Waals surface area contributed by atoms with Crippen LogP contribution in [0.15, 0.2) is 47.7 Å². The van der Waals surface area contributed by atoms with Crippen LogP contribution in [0.3, 0.4) is 0 Å². The van der Waals surface area contributed by atoms with E-state index in [1.165, 1.54) is 25.1 Å². The maximum atomic E-state index is 13.0. The Bertz CT molecular complexity index is 1220. The standard InChI is InChI=1S/C23H19N3O5/c1-12-4-5-13(2)19(8-12)26-21(28)16-7-6-15(9-17(16)22(26)29)23(30)31-11-20(27)18(10-24)14(3)25/h4-9H,11,25H2,1-3H3/b18-14-. The molecule has 3 rings (SSSR count). The van der Waals surface area contributed by atoms with E-state index >= 15 is 0 Å². The molecule has 8 nitrogen and oxygen atoms in total. The summed E-state index contributed by atoms with van der Waals surface area (Å²) in [5.74, 6) is -2.63. The summed E-state index contributed by atoms with van der Waals surface area (Å²) in [7, 11) is 0. The molecular weight excluding hydrogens is 398 g/mol. The molecule has 1 heterocycles. The second-order valence-electron chi connectivity index (χ2n) is 7.17. The highest BCUT2D eigenvalue weighted by Gasteiger charge is 2.38. The van der Waals surface area contributed by atoms with Crippen LogP contribution in [0, 0.1) is 25.2 Å². The van der Waals surface area contributed by atoms with E-state index in [0.717, 1.165) is 16.0 Å². The molecule has 2 N–H and O–H groups in total. The summed E-state index contributed by atoms with van der Waals surface area (Å²) in [4.78, 5) is 51.2.